The molecule has 0 aromatic heterocycles. The molecular formula is C4H9AlO+2. The number of ether oxygens (including phenoxy) is 1. The van der Waals surface area contributed by atoms with E-state index in [0.29, 0.717) is 4.97 Å². The van der Waals surface area contributed by atoms with Crippen molar-refractivity contribution in [3.05, 3.63) is 0 Å². The second kappa shape index (κ2) is 3.67. The molecule has 0 aliphatic rings. The van der Waals surface area contributed by atoms with Gasteiger partial charge in [-0.2, -0.15) is 0 Å². The average Bonchev–Trinajstić information content (AvgIpc) is 1.35. The Morgan fingerprint density at radius 2 is 2.33 bits per heavy atom. The molecule has 0 amide bonds. The second-order valence-electron chi connectivity index (χ2n) is 1.16. The van der Waals surface area contributed by atoms with Gasteiger partial charge in [0.25, 0.3) is 0 Å². The van der Waals surface area contributed by atoms with Gasteiger partial charge >= 0.3 is 46.4 Å². The molecule has 2 heteroatoms. The van der Waals surface area contributed by atoms with Gasteiger partial charge in [0, 0.05) is 0 Å². The summed E-state index contributed by atoms with van der Waals surface area (Å²) in [6, 6.07) is 0. The van der Waals surface area contributed by atoms with Gasteiger partial charge in [0.1, 0.15) is 0 Å². The molecule has 0 aliphatic heterocycles. The Morgan fingerprint density at radius 1 is 1.83 bits per heavy atom. The van der Waals surface area contributed by atoms with Crippen LogP contribution in [0.1, 0.15) is 13.8 Å². The molecule has 1 unspecified atom stereocenters. The van der Waals surface area contributed by atoms with Crippen molar-refractivity contribution >= 4 is 16.3 Å². The summed E-state index contributed by atoms with van der Waals surface area (Å²) in [5.41, 5.74) is 0. The van der Waals surface area contributed by atoms with Crippen molar-refractivity contribution in [3.8, 4) is 0 Å². The van der Waals surface area contributed by atoms with Crippen LogP contribution in [0.3, 0.4) is 0 Å². The molecule has 0 radical (unpaired) electrons. The predicted molar refractivity (Wildman–Crippen MR) is 26.8 cm³/mol. The van der Waals surface area contributed by atoms with Crippen LogP contribution in [0.25, 0.3) is 0 Å². The molecule has 0 heterocycles. The standard InChI is InChI=1S/C4H9O.Al/c1-3-5-4-2;/h3H,4H2,1-2H3;/q;+2. The van der Waals surface area contributed by atoms with Crippen molar-refractivity contribution in [2.24, 2.45) is 0 Å². The van der Waals surface area contributed by atoms with Gasteiger partial charge in [0.15, 0.2) is 0 Å². The molecule has 0 aromatic carbocycles. The van der Waals surface area contributed by atoms with E-state index in [0.717, 1.165) is 6.61 Å². The molecule has 0 fully saturated rings. The van der Waals surface area contributed by atoms with Crippen LogP contribution < -0.4 is 0 Å². The van der Waals surface area contributed by atoms with Crippen LogP contribution in [0.4, 0.5) is 0 Å². The van der Waals surface area contributed by atoms with Crippen molar-refractivity contribution in [1.82, 2.24) is 0 Å². The topological polar surface area (TPSA) is 9.23 Å². The van der Waals surface area contributed by atoms with E-state index in [9.17, 15) is 0 Å². The molecule has 0 spiro atoms. The van der Waals surface area contributed by atoms with Crippen LogP contribution >= 0.6 is 0 Å². The molecule has 0 N–H and O–H groups in total. The van der Waals surface area contributed by atoms with Gasteiger partial charge in [0.2, 0.25) is 0 Å². The van der Waals surface area contributed by atoms with E-state index in [4.69, 9.17) is 4.74 Å². The number of rotatable bonds is 2. The Hall–Kier alpha value is 0.492. The molecule has 0 saturated heterocycles. The van der Waals surface area contributed by atoms with Crippen LogP contribution in [0.15, 0.2) is 0 Å². The van der Waals surface area contributed by atoms with E-state index < -0.39 is 0 Å². The van der Waals surface area contributed by atoms with Crippen LogP contribution in [0.5, 0.6) is 0 Å². The van der Waals surface area contributed by atoms with E-state index in [-0.39, 0.29) is 0 Å². The summed E-state index contributed by atoms with van der Waals surface area (Å²) in [5, 5.41) is 0. The van der Waals surface area contributed by atoms with Crippen molar-refractivity contribution in [2.45, 2.75) is 18.8 Å². The summed E-state index contributed by atoms with van der Waals surface area (Å²) >= 11 is 2.56. The maximum atomic E-state index is 5.00. The monoisotopic (exact) mass is 100 g/mol. The van der Waals surface area contributed by atoms with Gasteiger partial charge in [-0.05, 0) is 0 Å². The van der Waals surface area contributed by atoms with Gasteiger partial charge < -0.3 is 0 Å². The number of hydrogen-bond donors (Lipinski definition) is 0. The summed E-state index contributed by atoms with van der Waals surface area (Å²) in [5.74, 6) is 0. The van der Waals surface area contributed by atoms with Gasteiger partial charge in [-0.15, -0.1) is 0 Å². The molecular weight excluding hydrogens is 91.0 g/mol. The van der Waals surface area contributed by atoms with Gasteiger partial charge in [-0.1, -0.05) is 0 Å². The zero-order chi connectivity index (χ0) is 4.99. The van der Waals surface area contributed by atoms with Crippen LogP contribution in [-0.2, 0) is 4.74 Å². The maximum absolute atomic E-state index is 5.00. The Labute approximate surface area is 47.1 Å². The van der Waals surface area contributed by atoms with Gasteiger partial charge in [-0.25, -0.2) is 0 Å². The molecule has 6 heavy (non-hydrogen) atoms. The molecule has 32 valence electrons. The van der Waals surface area contributed by atoms with Crippen LogP contribution in [-0.4, -0.2) is 27.9 Å². The fraction of sp³-hybridized carbons (Fsp3) is 1.00. The van der Waals surface area contributed by atoms with Crippen molar-refractivity contribution in [1.29, 1.82) is 0 Å². The van der Waals surface area contributed by atoms with E-state index >= 15 is 0 Å². The zero-order valence-corrected chi connectivity index (χ0v) is 5.42. The van der Waals surface area contributed by atoms with E-state index in [1.54, 1.807) is 0 Å². The Balaban J connectivity index is 2.63. The summed E-state index contributed by atoms with van der Waals surface area (Å²) in [6.07, 6.45) is 0. The number of hydrogen-bond acceptors (Lipinski definition) is 1. The first-order valence-electron chi connectivity index (χ1n) is 2.14. The minimum absolute atomic E-state index is 0.315. The summed E-state index contributed by atoms with van der Waals surface area (Å²) in [4.78, 5) is 0.315. The molecule has 0 saturated carbocycles. The van der Waals surface area contributed by atoms with Crippen molar-refractivity contribution < 1.29 is 4.74 Å². The van der Waals surface area contributed by atoms with Crippen LogP contribution in [0, 0.1) is 0 Å². The molecule has 0 aliphatic carbocycles. The SMILES string of the molecule is CCO[CH](C)[Al+2]. The third-order valence-electron chi connectivity index (χ3n) is 0.430. The first-order chi connectivity index (χ1) is 2.77. The fourth-order valence-corrected chi connectivity index (χ4v) is 0.455. The van der Waals surface area contributed by atoms with E-state index in [1.807, 2.05) is 13.8 Å². The van der Waals surface area contributed by atoms with Crippen LogP contribution in [0.2, 0.25) is 0 Å². The minimum atomic E-state index is 0.315. The summed E-state index contributed by atoms with van der Waals surface area (Å²) in [7, 11) is 0. The Morgan fingerprint density at radius 3 is 2.33 bits per heavy atom. The fourth-order valence-electron chi connectivity index (χ4n) is 0.263. The molecule has 1 nitrogen and oxygen atoms in total. The third-order valence-corrected chi connectivity index (χ3v) is 0.622. The van der Waals surface area contributed by atoms with Crippen molar-refractivity contribution in [2.75, 3.05) is 6.61 Å². The second-order valence-corrected chi connectivity index (χ2v) is 2.10. The predicted octanol–water partition coefficient (Wildman–Crippen LogP) is 0.537. The van der Waals surface area contributed by atoms with E-state index in [1.165, 1.54) is 0 Å². The Kier molecular flexibility index (Phi) is 3.98. The first kappa shape index (κ1) is 6.49. The zero-order valence-electron chi connectivity index (χ0n) is 4.27. The van der Waals surface area contributed by atoms with E-state index in [2.05, 4.69) is 16.3 Å². The molecule has 0 aromatic rings. The quantitative estimate of drug-likeness (QED) is 0.460. The normalized spacial score (nSPS) is 14.7. The Bertz CT molecular complexity index is 28.7. The summed E-state index contributed by atoms with van der Waals surface area (Å²) < 4.78 is 5.00. The molecule has 0 bridgehead atoms. The average molecular weight is 100 g/mol. The third kappa shape index (κ3) is 4.49. The summed E-state index contributed by atoms with van der Waals surface area (Å²) in [6.45, 7) is 4.79. The van der Waals surface area contributed by atoms with Crippen molar-refractivity contribution in [3.63, 3.8) is 0 Å². The molecule has 0 rings (SSSR count). The molecule has 1 atom stereocenters. The van der Waals surface area contributed by atoms with Gasteiger partial charge in [0.05, 0.1) is 0 Å². The van der Waals surface area contributed by atoms with Gasteiger partial charge in [-0.3, -0.25) is 0 Å². The first-order valence-corrected chi connectivity index (χ1v) is 2.81.